The van der Waals surface area contributed by atoms with E-state index in [1.165, 1.54) is 11.8 Å². The fraction of sp³-hybridized carbons (Fsp3) is 0.0952. The minimum atomic E-state index is -0.248. The number of carbonyl (C=O) groups is 1. The first kappa shape index (κ1) is 21.8. The Morgan fingerprint density at radius 2 is 2.03 bits per heavy atom. The van der Waals surface area contributed by atoms with Gasteiger partial charge >= 0.3 is 0 Å². The average molecular weight is 494 g/mol. The van der Waals surface area contributed by atoms with Crippen LogP contribution in [-0.4, -0.2) is 26.4 Å². The van der Waals surface area contributed by atoms with Crippen LogP contribution in [0.25, 0.3) is 22.6 Å². The fourth-order valence-electron chi connectivity index (χ4n) is 2.91. The third kappa shape index (κ3) is 4.75. The van der Waals surface area contributed by atoms with Gasteiger partial charge in [-0.2, -0.15) is 0 Å². The number of rotatable bonds is 7. The van der Waals surface area contributed by atoms with E-state index in [-0.39, 0.29) is 11.7 Å². The number of carbonyl (C=O) groups excluding carboxylic acids is 1. The number of benzene rings is 2. The highest BCUT2D eigenvalue weighted by Crippen LogP contribution is 2.32. The highest BCUT2D eigenvalue weighted by atomic mass is 35.5. The van der Waals surface area contributed by atoms with Crippen LogP contribution in [0.4, 0.5) is 5.69 Å². The van der Waals surface area contributed by atoms with Gasteiger partial charge in [-0.15, -0.1) is 16.8 Å². The molecule has 0 aliphatic carbocycles. The second-order valence-corrected chi connectivity index (χ2v) is 8.60. The second-order valence-electron chi connectivity index (χ2n) is 6.44. The van der Waals surface area contributed by atoms with Crippen molar-refractivity contribution < 1.29 is 9.21 Å². The van der Waals surface area contributed by atoms with Gasteiger partial charge in [-0.3, -0.25) is 9.36 Å². The lowest BCUT2D eigenvalue weighted by molar-refractivity contribution is -0.113. The third-order valence-corrected chi connectivity index (χ3v) is 6.31. The summed E-state index contributed by atoms with van der Waals surface area (Å²) in [6.07, 6.45) is 1.72. The predicted molar refractivity (Wildman–Crippen MR) is 126 cm³/mol. The second kappa shape index (κ2) is 9.36. The summed E-state index contributed by atoms with van der Waals surface area (Å²) in [6.45, 7) is 4.24. The van der Waals surface area contributed by atoms with Crippen LogP contribution in [0, 0.1) is 0 Å². The van der Waals surface area contributed by atoms with Gasteiger partial charge < -0.3 is 9.73 Å². The smallest absolute Gasteiger partial charge is 0.234 e. The molecule has 31 heavy (non-hydrogen) atoms. The molecule has 158 valence electrons. The van der Waals surface area contributed by atoms with Crippen LogP contribution in [0.3, 0.4) is 0 Å². The lowest BCUT2D eigenvalue weighted by atomic mass is 10.2. The molecule has 6 nitrogen and oxygen atoms in total. The van der Waals surface area contributed by atoms with E-state index in [1.54, 1.807) is 36.4 Å². The van der Waals surface area contributed by atoms with Crippen molar-refractivity contribution in [1.29, 1.82) is 0 Å². The average Bonchev–Trinajstić information content (AvgIpc) is 3.33. The number of furan rings is 1. The number of allylic oxidation sites excluding steroid dienone is 1. The summed E-state index contributed by atoms with van der Waals surface area (Å²) < 4.78 is 7.74. The molecule has 4 rings (SSSR count). The van der Waals surface area contributed by atoms with Gasteiger partial charge in [0.2, 0.25) is 11.7 Å². The summed E-state index contributed by atoms with van der Waals surface area (Å²) in [6, 6.07) is 12.3. The van der Waals surface area contributed by atoms with Crippen molar-refractivity contribution >= 4 is 69.1 Å². The van der Waals surface area contributed by atoms with Crippen LogP contribution in [0.5, 0.6) is 0 Å². The van der Waals surface area contributed by atoms with Gasteiger partial charge in [-0.1, -0.05) is 58.7 Å². The molecule has 0 unspecified atom stereocenters. The zero-order valence-electron chi connectivity index (χ0n) is 15.9. The van der Waals surface area contributed by atoms with Crippen LogP contribution in [0.1, 0.15) is 0 Å². The van der Waals surface area contributed by atoms with Crippen molar-refractivity contribution in [1.82, 2.24) is 14.8 Å². The molecule has 0 bridgehead atoms. The zero-order valence-corrected chi connectivity index (χ0v) is 19.0. The molecule has 0 saturated heterocycles. The number of nitrogens with one attached hydrogen (secondary N) is 1. The first-order chi connectivity index (χ1) is 15.0. The molecule has 1 amide bonds. The Balaban J connectivity index is 1.53. The van der Waals surface area contributed by atoms with Gasteiger partial charge in [0.15, 0.2) is 10.9 Å². The Morgan fingerprint density at radius 1 is 1.19 bits per heavy atom. The monoisotopic (exact) mass is 492 g/mol. The summed E-state index contributed by atoms with van der Waals surface area (Å²) in [4.78, 5) is 12.4. The minimum absolute atomic E-state index is 0.105. The molecule has 0 aliphatic rings. The van der Waals surface area contributed by atoms with E-state index in [2.05, 4.69) is 22.1 Å². The van der Waals surface area contributed by atoms with Crippen LogP contribution in [0.15, 0.2) is 64.7 Å². The van der Waals surface area contributed by atoms with E-state index in [0.29, 0.717) is 49.6 Å². The topological polar surface area (TPSA) is 73.0 Å². The number of halogens is 3. The zero-order chi connectivity index (χ0) is 22.0. The van der Waals surface area contributed by atoms with Crippen molar-refractivity contribution in [2.45, 2.75) is 11.7 Å². The standard InChI is InChI=1S/C21H15Cl3N4O2S/c1-2-8-28-20(17-10-12-9-13(22)6-7-16(12)30-17)26-27-21(28)31-11-18(29)25-15-5-3-4-14(23)19(15)24/h2-7,9-10H,1,8,11H2,(H,25,29). The molecular formula is C21H15Cl3N4O2S. The summed E-state index contributed by atoms with van der Waals surface area (Å²) in [5.74, 6) is 0.942. The number of amides is 1. The molecule has 0 fully saturated rings. The molecule has 2 aromatic heterocycles. The number of aromatic nitrogens is 3. The predicted octanol–water partition coefficient (Wildman–Crippen LogP) is 6.57. The molecule has 0 saturated carbocycles. The van der Waals surface area contributed by atoms with Gasteiger partial charge in [-0.25, -0.2) is 0 Å². The van der Waals surface area contributed by atoms with E-state index >= 15 is 0 Å². The number of anilines is 1. The van der Waals surface area contributed by atoms with Gasteiger partial charge in [-0.05, 0) is 36.4 Å². The SMILES string of the molecule is C=CCn1c(SCC(=O)Nc2cccc(Cl)c2Cl)nnc1-c1cc2cc(Cl)ccc2o1. The summed E-state index contributed by atoms with van der Waals surface area (Å²) >= 11 is 19.4. The summed E-state index contributed by atoms with van der Waals surface area (Å²) in [5.41, 5.74) is 1.15. The maximum atomic E-state index is 12.4. The molecular weight excluding hydrogens is 479 g/mol. The molecule has 0 radical (unpaired) electrons. The fourth-order valence-corrected chi connectivity index (χ4v) is 4.19. The van der Waals surface area contributed by atoms with Crippen LogP contribution in [-0.2, 0) is 11.3 Å². The Kier molecular flexibility index (Phi) is 6.57. The Hall–Kier alpha value is -2.45. The van der Waals surface area contributed by atoms with E-state index in [9.17, 15) is 4.79 Å². The van der Waals surface area contributed by atoms with Crippen LogP contribution in [0.2, 0.25) is 15.1 Å². The first-order valence-electron chi connectivity index (χ1n) is 9.06. The van der Waals surface area contributed by atoms with Crippen molar-refractivity contribution in [2.75, 3.05) is 11.1 Å². The van der Waals surface area contributed by atoms with E-state index < -0.39 is 0 Å². The normalized spacial score (nSPS) is 11.1. The molecule has 0 aliphatic heterocycles. The molecule has 0 atom stereocenters. The first-order valence-corrected chi connectivity index (χ1v) is 11.2. The Labute approximate surface area is 197 Å². The highest BCUT2D eigenvalue weighted by molar-refractivity contribution is 7.99. The Bertz CT molecular complexity index is 1290. The van der Waals surface area contributed by atoms with Crippen LogP contribution >= 0.6 is 46.6 Å². The number of hydrogen-bond acceptors (Lipinski definition) is 5. The van der Waals surface area contributed by atoms with Gasteiger partial charge in [0, 0.05) is 17.0 Å². The molecule has 4 aromatic rings. The van der Waals surface area contributed by atoms with Crippen molar-refractivity contribution in [3.63, 3.8) is 0 Å². The van der Waals surface area contributed by atoms with Crippen molar-refractivity contribution in [2.24, 2.45) is 0 Å². The van der Waals surface area contributed by atoms with Crippen LogP contribution < -0.4 is 5.32 Å². The van der Waals surface area contributed by atoms with E-state index in [4.69, 9.17) is 39.2 Å². The molecule has 1 N–H and O–H groups in total. The maximum Gasteiger partial charge on any atom is 0.234 e. The molecule has 2 heterocycles. The van der Waals surface area contributed by atoms with Crippen molar-refractivity contribution in [3.8, 4) is 11.6 Å². The number of fused-ring (bicyclic) bond motifs is 1. The van der Waals surface area contributed by atoms with Gasteiger partial charge in [0.1, 0.15) is 5.58 Å². The van der Waals surface area contributed by atoms with E-state index in [0.717, 1.165) is 5.39 Å². The highest BCUT2D eigenvalue weighted by Gasteiger charge is 2.18. The maximum absolute atomic E-state index is 12.4. The Morgan fingerprint density at radius 3 is 2.84 bits per heavy atom. The summed E-state index contributed by atoms with van der Waals surface area (Å²) in [5, 5.41) is 13.9. The number of nitrogens with zero attached hydrogens (tertiary/aromatic N) is 3. The summed E-state index contributed by atoms with van der Waals surface area (Å²) in [7, 11) is 0. The molecule has 2 aromatic carbocycles. The number of thioether (sulfide) groups is 1. The molecule has 10 heteroatoms. The van der Waals surface area contributed by atoms with Gasteiger partial charge in [0.25, 0.3) is 0 Å². The lowest BCUT2D eigenvalue weighted by Gasteiger charge is -2.09. The third-order valence-electron chi connectivity index (χ3n) is 4.29. The van der Waals surface area contributed by atoms with Crippen molar-refractivity contribution in [3.05, 3.63) is 70.2 Å². The quantitative estimate of drug-likeness (QED) is 0.233. The van der Waals surface area contributed by atoms with Gasteiger partial charge in [0.05, 0.1) is 21.5 Å². The number of hydrogen-bond donors (Lipinski definition) is 1. The molecule has 0 spiro atoms. The largest absolute Gasteiger partial charge is 0.453 e. The van der Waals surface area contributed by atoms with E-state index in [1.807, 2.05) is 16.7 Å². The minimum Gasteiger partial charge on any atom is -0.453 e. The lowest BCUT2D eigenvalue weighted by Crippen LogP contribution is -2.15.